The number of piperazine rings is 1. The molecule has 174 valence electrons. The molecule has 8 nitrogen and oxygen atoms in total. The van der Waals surface area contributed by atoms with Gasteiger partial charge in [0.1, 0.15) is 5.75 Å². The Labute approximate surface area is 190 Å². The van der Waals surface area contributed by atoms with Crippen molar-refractivity contribution in [2.75, 3.05) is 66.5 Å². The molecule has 8 heteroatoms. The lowest BCUT2D eigenvalue weighted by Crippen LogP contribution is -2.46. The number of ether oxygens (including phenoxy) is 4. The number of carbonyl (C=O) groups excluding carboxylic acids is 1. The first-order valence-corrected chi connectivity index (χ1v) is 10.7. The molecule has 0 unspecified atom stereocenters. The van der Waals surface area contributed by atoms with Gasteiger partial charge >= 0.3 is 0 Å². The van der Waals surface area contributed by atoms with Gasteiger partial charge in [0.05, 0.1) is 28.4 Å². The van der Waals surface area contributed by atoms with Crippen molar-refractivity contribution in [2.24, 2.45) is 0 Å². The van der Waals surface area contributed by atoms with Gasteiger partial charge in [0, 0.05) is 63.5 Å². The first-order chi connectivity index (χ1) is 15.6. The van der Waals surface area contributed by atoms with E-state index >= 15 is 0 Å². The standard InChI is InChI=1S/C24H33N3O5/c1-29-20-7-5-18(6-8-20)17-27-13-11-26(12-14-27)10-9-23(28)25-19-15-21(30-2)24(32-4)22(16-19)31-3/h5-8,15-16H,9-14,17H2,1-4H3,(H,25,28). The van der Waals surface area contributed by atoms with E-state index in [0.717, 1.165) is 45.0 Å². The molecule has 1 aliphatic rings. The van der Waals surface area contributed by atoms with Gasteiger partial charge in [0.25, 0.3) is 0 Å². The molecule has 1 fully saturated rings. The lowest BCUT2D eigenvalue weighted by Gasteiger charge is -2.34. The molecule has 1 amide bonds. The van der Waals surface area contributed by atoms with Gasteiger partial charge in [0.15, 0.2) is 11.5 Å². The largest absolute Gasteiger partial charge is 0.497 e. The highest BCUT2D eigenvalue weighted by atomic mass is 16.5. The molecule has 1 aliphatic heterocycles. The van der Waals surface area contributed by atoms with Gasteiger partial charge in [-0.1, -0.05) is 12.1 Å². The molecule has 0 bridgehead atoms. The fourth-order valence-corrected chi connectivity index (χ4v) is 3.80. The quantitative estimate of drug-likeness (QED) is 0.605. The summed E-state index contributed by atoms with van der Waals surface area (Å²) in [5.41, 5.74) is 1.90. The van der Waals surface area contributed by atoms with E-state index in [1.807, 2.05) is 12.1 Å². The molecule has 1 saturated heterocycles. The normalized spacial score (nSPS) is 14.6. The molecule has 0 aliphatic carbocycles. The number of amides is 1. The van der Waals surface area contributed by atoms with Crippen LogP contribution < -0.4 is 24.3 Å². The van der Waals surface area contributed by atoms with Crippen LogP contribution in [-0.2, 0) is 11.3 Å². The van der Waals surface area contributed by atoms with Crippen molar-refractivity contribution in [3.8, 4) is 23.0 Å². The molecule has 0 radical (unpaired) electrons. The van der Waals surface area contributed by atoms with Crippen molar-refractivity contribution in [2.45, 2.75) is 13.0 Å². The van der Waals surface area contributed by atoms with Gasteiger partial charge < -0.3 is 29.2 Å². The number of nitrogens with zero attached hydrogens (tertiary/aromatic N) is 2. The third kappa shape index (κ3) is 6.27. The van der Waals surface area contributed by atoms with Crippen molar-refractivity contribution >= 4 is 11.6 Å². The second kappa shape index (κ2) is 11.6. The summed E-state index contributed by atoms with van der Waals surface area (Å²) < 4.78 is 21.2. The van der Waals surface area contributed by atoms with E-state index < -0.39 is 0 Å². The van der Waals surface area contributed by atoms with Gasteiger partial charge in [0.2, 0.25) is 11.7 Å². The lowest BCUT2D eigenvalue weighted by molar-refractivity contribution is -0.116. The van der Waals surface area contributed by atoms with Crippen molar-refractivity contribution in [1.29, 1.82) is 0 Å². The molecular formula is C24H33N3O5. The van der Waals surface area contributed by atoms with E-state index in [0.29, 0.717) is 29.4 Å². The summed E-state index contributed by atoms with van der Waals surface area (Å²) >= 11 is 0. The number of rotatable bonds is 10. The van der Waals surface area contributed by atoms with Crippen LogP contribution in [0.25, 0.3) is 0 Å². The molecule has 3 rings (SSSR count). The molecule has 0 atom stereocenters. The van der Waals surface area contributed by atoms with Crippen molar-refractivity contribution < 1.29 is 23.7 Å². The number of nitrogens with one attached hydrogen (secondary N) is 1. The second-order valence-electron chi connectivity index (χ2n) is 7.68. The Hall–Kier alpha value is -2.97. The van der Waals surface area contributed by atoms with Crippen molar-refractivity contribution in [3.63, 3.8) is 0 Å². The number of hydrogen-bond acceptors (Lipinski definition) is 7. The Kier molecular flexibility index (Phi) is 8.58. The predicted molar refractivity (Wildman–Crippen MR) is 124 cm³/mol. The Balaban J connectivity index is 1.44. The second-order valence-corrected chi connectivity index (χ2v) is 7.68. The van der Waals surface area contributed by atoms with Crippen LogP contribution >= 0.6 is 0 Å². The third-order valence-electron chi connectivity index (χ3n) is 5.63. The number of anilines is 1. The van der Waals surface area contributed by atoms with Crippen molar-refractivity contribution in [3.05, 3.63) is 42.0 Å². The molecule has 0 saturated carbocycles. The number of carbonyl (C=O) groups is 1. The molecule has 0 aromatic heterocycles. The van der Waals surface area contributed by atoms with E-state index in [9.17, 15) is 4.79 Å². The monoisotopic (exact) mass is 443 g/mol. The minimum absolute atomic E-state index is 0.0417. The zero-order chi connectivity index (χ0) is 22.9. The Morgan fingerprint density at radius 2 is 1.44 bits per heavy atom. The van der Waals surface area contributed by atoms with E-state index in [1.165, 1.54) is 5.56 Å². The van der Waals surface area contributed by atoms with Crippen LogP contribution in [0.1, 0.15) is 12.0 Å². The van der Waals surface area contributed by atoms with Gasteiger partial charge in [-0.05, 0) is 17.7 Å². The van der Waals surface area contributed by atoms with Gasteiger partial charge in [-0.2, -0.15) is 0 Å². The molecule has 2 aromatic rings. The Bertz CT molecular complexity index is 855. The zero-order valence-electron chi connectivity index (χ0n) is 19.3. The lowest BCUT2D eigenvalue weighted by atomic mass is 10.2. The molecule has 32 heavy (non-hydrogen) atoms. The summed E-state index contributed by atoms with van der Waals surface area (Å²) in [6, 6.07) is 11.7. The first-order valence-electron chi connectivity index (χ1n) is 10.7. The van der Waals surface area contributed by atoms with Crippen LogP contribution in [0.4, 0.5) is 5.69 Å². The number of methoxy groups -OCH3 is 4. The molecule has 2 aromatic carbocycles. The summed E-state index contributed by atoms with van der Waals surface area (Å²) in [5.74, 6) is 2.36. The van der Waals surface area contributed by atoms with E-state index in [-0.39, 0.29) is 5.91 Å². The summed E-state index contributed by atoms with van der Waals surface area (Å²) in [7, 11) is 6.34. The minimum Gasteiger partial charge on any atom is -0.497 e. The average Bonchev–Trinajstić information content (AvgIpc) is 2.83. The van der Waals surface area contributed by atoms with E-state index in [4.69, 9.17) is 18.9 Å². The maximum atomic E-state index is 12.5. The topological polar surface area (TPSA) is 72.5 Å². The summed E-state index contributed by atoms with van der Waals surface area (Å²) in [4.78, 5) is 17.3. The Morgan fingerprint density at radius 3 is 1.97 bits per heavy atom. The van der Waals surface area contributed by atoms with Crippen LogP contribution in [0.5, 0.6) is 23.0 Å². The maximum absolute atomic E-state index is 12.5. The zero-order valence-corrected chi connectivity index (χ0v) is 19.3. The van der Waals surface area contributed by atoms with E-state index in [2.05, 4.69) is 27.2 Å². The van der Waals surface area contributed by atoms with Crippen LogP contribution in [0, 0.1) is 0 Å². The summed E-state index contributed by atoms with van der Waals surface area (Å²) in [5, 5.41) is 2.93. The average molecular weight is 444 g/mol. The highest BCUT2D eigenvalue weighted by Crippen LogP contribution is 2.39. The van der Waals surface area contributed by atoms with Crippen LogP contribution in [-0.4, -0.2) is 76.9 Å². The summed E-state index contributed by atoms with van der Waals surface area (Å²) in [6.45, 7) is 5.54. The highest BCUT2D eigenvalue weighted by molar-refractivity contribution is 5.91. The van der Waals surface area contributed by atoms with Crippen LogP contribution in [0.15, 0.2) is 36.4 Å². The molecular weight excluding hydrogens is 410 g/mol. The molecule has 1 N–H and O–H groups in total. The third-order valence-corrected chi connectivity index (χ3v) is 5.63. The molecule has 0 spiro atoms. The summed E-state index contributed by atoms with van der Waals surface area (Å²) in [6.07, 6.45) is 0.426. The number of benzene rings is 2. The van der Waals surface area contributed by atoms with Gasteiger partial charge in [-0.15, -0.1) is 0 Å². The Morgan fingerprint density at radius 1 is 0.844 bits per heavy atom. The predicted octanol–water partition coefficient (Wildman–Crippen LogP) is 2.87. The van der Waals surface area contributed by atoms with Crippen LogP contribution in [0.3, 0.4) is 0 Å². The van der Waals surface area contributed by atoms with Gasteiger partial charge in [-0.3, -0.25) is 9.69 Å². The number of hydrogen-bond donors (Lipinski definition) is 1. The molecule has 1 heterocycles. The first kappa shape index (κ1) is 23.7. The van der Waals surface area contributed by atoms with E-state index in [1.54, 1.807) is 40.6 Å². The maximum Gasteiger partial charge on any atom is 0.225 e. The van der Waals surface area contributed by atoms with Gasteiger partial charge in [-0.25, -0.2) is 0 Å². The fourth-order valence-electron chi connectivity index (χ4n) is 3.80. The smallest absolute Gasteiger partial charge is 0.225 e. The van der Waals surface area contributed by atoms with Crippen LogP contribution in [0.2, 0.25) is 0 Å². The fraction of sp³-hybridized carbons (Fsp3) is 0.458. The minimum atomic E-state index is -0.0417. The van der Waals surface area contributed by atoms with Crippen molar-refractivity contribution in [1.82, 2.24) is 9.80 Å². The highest BCUT2D eigenvalue weighted by Gasteiger charge is 2.19. The SMILES string of the molecule is COc1ccc(CN2CCN(CCC(=O)Nc3cc(OC)c(OC)c(OC)c3)CC2)cc1.